The van der Waals surface area contributed by atoms with Gasteiger partial charge in [-0.25, -0.2) is 0 Å². The zero-order valence-electron chi connectivity index (χ0n) is 13.5. The van der Waals surface area contributed by atoms with E-state index in [1.165, 1.54) is 0 Å². The molecule has 0 aliphatic carbocycles. The van der Waals surface area contributed by atoms with Crippen LogP contribution in [0.3, 0.4) is 0 Å². The molecule has 24 heavy (non-hydrogen) atoms. The second-order valence-electron chi connectivity index (χ2n) is 4.98. The molecule has 6 heteroatoms. The van der Waals surface area contributed by atoms with Gasteiger partial charge in [0.1, 0.15) is 12.4 Å². The maximum absolute atomic E-state index is 11.9. The molecule has 2 aromatic rings. The van der Waals surface area contributed by atoms with Crippen LogP contribution in [-0.4, -0.2) is 32.3 Å². The van der Waals surface area contributed by atoms with Gasteiger partial charge in [-0.05, 0) is 55.5 Å². The van der Waals surface area contributed by atoms with Crippen LogP contribution < -0.4 is 15.4 Å². The molecule has 0 fully saturated rings. The third kappa shape index (κ3) is 6.60. The van der Waals surface area contributed by atoms with Gasteiger partial charge in [0.05, 0.1) is 13.2 Å². The Morgan fingerprint density at radius 1 is 1.00 bits per heavy atom. The summed E-state index contributed by atoms with van der Waals surface area (Å²) >= 11 is 3.36. The topological polar surface area (TPSA) is 59.6 Å². The summed E-state index contributed by atoms with van der Waals surface area (Å²) in [5.41, 5.74) is 1.63. The minimum Gasteiger partial charge on any atom is -0.491 e. The molecule has 0 bridgehead atoms. The van der Waals surface area contributed by atoms with Crippen molar-refractivity contribution in [3.05, 3.63) is 53.0 Å². The highest BCUT2D eigenvalue weighted by Gasteiger charge is 2.02. The van der Waals surface area contributed by atoms with Crippen LogP contribution in [-0.2, 0) is 9.53 Å². The van der Waals surface area contributed by atoms with Crippen molar-refractivity contribution >= 4 is 33.2 Å². The minimum absolute atomic E-state index is 0.102. The molecule has 1 amide bonds. The van der Waals surface area contributed by atoms with Crippen molar-refractivity contribution in [1.82, 2.24) is 0 Å². The smallest absolute Gasteiger partial charge is 0.243 e. The fourth-order valence-electron chi connectivity index (χ4n) is 1.95. The zero-order valence-corrected chi connectivity index (χ0v) is 15.1. The summed E-state index contributed by atoms with van der Waals surface area (Å²) in [6.45, 7) is 3.94. The zero-order chi connectivity index (χ0) is 17.2. The lowest BCUT2D eigenvalue weighted by molar-refractivity contribution is -0.114. The number of ether oxygens (including phenoxy) is 2. The Labute approximate surface area is 150 Å². The first kappa shape index (κ1) is 18.3. The highest BCUT2D eigenvalue weighted by molar-refractivity contribution is 9.10. The molecule has 0 saturated heterocycles. The molecule has 0 spiro atoms. The third-order valence-corrected chi connectivity index (χ3v) is 3.66. The molecule has 0 unspecified atom stereocenters. The molecule has 0 aromatic heterocycles. The molecule has 5 nitrogen and oxygen atoms in total. The second-order valence-corrected chi connectivity index (χ2v) is 5.89. The Kier molecular flexibility index (Phi) is 7.58. The summed E-state index contributed by atoms with van der Waals surface area (Å²) in [5, 5.41) is 5.91. The van der Waals surface area contributed by atoms with Crippen LogP contribution in [0.2, 0.25) is 0 Å². The Morgan fingerprint density at radius 2 is 1.67 bits per heavy atom. The summed E-state index contributed by atoms with van der Waals surface area (Å²) in [4.78, 5) is 11.9. The van der Waals surface area contributed by atoms with Crippen LogP contribution in [0.4, 0.5) is 11.4 Å². The number of halogens is 1. The van der Waals surface area contributed by atoms with Gasteiger partial charge in [-0.2, -0.15) is 0 Å². The first-order valence-electron chi connectivity index (χ1n) is 7.77. The Balaban J connectivity index is 1.73. The standard InChI is InChI=1S/C18H21BrN2O3/c1-2-23-11-12-24-17-9-7-15(8-10-17)20-13-18(22)21-16-5-3-14(19)4-6-16/h3-10,20H,2,11-13H2,1H3,(H,21,22). The Hall–Kier alpha value is -2.05. The van der Waals surface area contributed by atoms with E-state index in [1.54, 1.807) is 0 Å². The van der Waals surface area contributed by atoms with E-state index in [0.29, 0.717) is 19.8 Å². The van der Waals surface area contributed by atoms with E-state index >= 15 is 0 Å². The monoisotopic (exact) mass is 392 g/mol. The number of hydrogen-bond donors (Lipinski definition) is 2. The molecular weight excluding hydrogens is 372 g/mol. The van der Waals surface area contributed by atoms with E-state index in [0.717, 1.165) is 21.6 Å². The molecule has 0 aliphatic heterocycles. The average molecular weight is 393 g/mol. The quantitative estimate of drug-likeness (QED) is 0.635. The molecule has 2 aromatic carbocycles. The van der Waals surface area contributed by atoms with E-state index in [1.807, 2.05) is 55.5 Å². The minimum atomic E-state index is -0.102. The number of carbonyl (C=O) groups excluding carboxylic acids is 1. The summed E-state index contributed by atoms with van der Waals surface area (Å²) in [6.07, 6.45) is 0. The molecule has 0 radical (unpaired) electrons. The number of benzene rings is 2. The lowest BCUT2D eigenvalue weighted by atomic mass is 10.3. The van der Waals surface area contributed by atoms with Crippen molar-refractivity contribution in [2.24, 2.45) is 0 Å². The normalized spacial score (nSPS) is 10.2. The summed E-state index contributed by atoms with van der Waals surface area (Å²) in [6, 6.07) is 14.9. The fraction of sp³-hybridized carbons (Fsp3) is 0.278. The van der Waals surface area contributed by atoms with Gasteiger partial charge in [0.2, 0.25) is 5.91 Å². The van der Waals surface area contributed by atoms with Crippen molar-refractivity contribution in [3.63, 3.8) is 0 Å². The van der Waals surface area contributed by atoms with Crippen molar-refractivity contribution in [1.29, 1.82) is 0 Å². The van der Waals surface area contributed by atoms with Crippen LogP contribution in [0.15, 0.2) is 53.0 Å². The molecule has 0 saturated carbocycles. The van der Waals surface area contributed by atoms with E-state index in [2.05, 4.69) is 26.6 Å². The number of carbonyl (C=O) groups is 1. The van der Waals surface area contributed by atoms with Gasteiger partial charge < -0.3 is 20.1 Å². The van der Waals surface area contributed by atoms with Crippen molar-refractivity contribution in [2.45, 2.75) is 6.92 Å². The fourth-order valence-corrected chi connectivity index (χ4v) is 2.22. The maximum atomic E-state index is 11.9. The summed E-state index contributed by atoms with van der Waals surface area (Å²) in [5.74, 6) is 0.675. The molecule has 0 atom stereocenters. The number of amides is 1. The highest BCUT2D eigenvalue weighted by atomic mass is 79.9. The van der Waals surface area contributed by atoms with Gasteiger partial charge >= 0.3 is 0 Å². The van der Waals surface area contributed by atoms with Crippen LogP contribution >= 0.6 is 15.9 Å². The van der Waals surface area contributed by atoms with E-state index in [9.17, 15) is 4.79 Å². The first-order chi connectivity index (χ1) is 11.7. The lowest BCUT2D eigenvalue weighted by Gasteiger charge is -2.09. The van der Waals surface area contributed by atoms with Crippen LogP contribution in [0.5, 0.6) is 5.75 Å². The van der Waals surface area contributed by atoms with Gasteiger partial charge in [0, 0.05) is 22.5 Å². The number of anilines is 2. The third-order valence-electron chi connectivity index (χ3n) is 3.14. The predicted octanol–water partition coefficient (Wildman–Crippen LogP) is 3.92. The lowest BCUT2D eigenvalue weighted by Crippen LogP contribution is -2.21. The number of hydrogen-bond acceptors (Lipinski definition) is 4. The van der Waals surface area contributed by atoms with Gasteiger partial charge in [-0.3, -0.25) is 4.79 Å². The van der Waals surface area contributed by atoms with Gasteiger partial charge in [-0.1, -0.05) is 15.9 Å². The van der Waals surface area contributed by atoms with E-state index in [4.69, 9.17) is 9.47 Å². The number of rotatable bonds is 9. The Morgan fingerprint density at radius 3 is 2.33 bits per heavy atom. The largest absolute Gasteiger partial charge is 0.491 e. The van der Waals surface area contributed by atoms with E-state index < -0.39 is 0 Å². The molecule has 0 heterocycles. The SMILES string of the molecule is CCOCCOc1ccc(NCC(=O)Nc2ccc(Br)cc2)cc1. The molecule has 128 valence electrons. The molecular formula is C18H21BrN2O3. The van der Waals surface area contributed by atoms with Crippen molar-refractivity contribution < 1.29 is 14.3 Å². The first-order valence-corrected chi connectivity index (χ1v) is 8.56. The van der Waals surface area contributed by atoms with Gasteiger partial charge in [0.15, 0.2) is 0 Å². The molecule has 2 N–H and O–H groups in total. The summed E-state index contributed by atoms with van der Waals surface area (Å²) < 4.78 is 11.7. The Bertz CT molecular complexity index is 630. The van der Waals surface area contributed by atoms with Gasteiger partial charge in [-0.15, -0.1) is 0 Å². The summed E-state index contributed by atoms with van der Waals surface area (Å²) in [7, 11) is 0. The van der Waals surface area contributed by atoms with E-state index in [-0.39, 0.29) is 12.5 Å². The van der Waals surface area contributed by atoms with Crippen LogP contribution in [0.1, 0.15) is 6.92 Å². The predicted molar refractivity (Wildman–Crippen MR) is 99.7 cm³/mol. The second kappa shape index (κ2) is 9.95. The van der Waals surface area contributed by atoms with Crippen molar-refractivity contribution in [3.8, 4) is 5.75 Å². The van der Waals surface area contributed by atoms with Crippen LogP contribution in [0, 0.1) is 0 Å². The van der Waals surface area contributed by atoms with Crippen molar-refractivity contribution in [2.75, 3.05) is 37.0 Å². The molecule has 0 aliphatic rings. The molecule has 2 rings (SSSR count). The average Bonchev–Trinajstić information content (AvgIpc) is 2.60. The van der Waals surface area contributed by atoms with Gasteiger partial charge in [0.25, 0.3) is 0 Å². The number of nitrogens with one attached hydrogen (secondary N) is 2. The van der Waals surface area contributed by atoms with Crippen LogP contribution in [0.25, 0.3) is 0 Å². The maximum Gasteiger partial charge on any atom is 0.243 e. The highest BCUT2D eigenvalue weighted by Crippen LogP contribution is 2.16.